The smallest absolute Gasteiger partial charge is 0.343 e. The lowest BCUT2D eigenvalue weighted by molar-refractivity contribution is -0.120. The number of anilines is 1. The van der Waals surface area contributed by atoms with Crippen molar-refractivity contribution >= 4 is 40.1 Å². The van der Waals surface area contributed by atoms with Gasteiger partial charge in [0.25, 0.3) is 0 Å². The summed E-state index contributed by atoms with van der Waals surface area (Å²) in [5.41, 5.74) is -0.280. The number of nitrogens with one attached hydrogen (secondary N) is 1. The van der Waals surface area contributed by atoms with Gasteiger partial charge < -0.3 is 23.9 Å². The maximum atomic E-state index is 12.4. The maximum absolute atomic E-state index is 12.4. The van der Waals surface area contributed by atoms with Crippen molar-refractivity contribution in [2.75, 3.05) is 12.1 Å². The van der Waals surface area contributed by atoms with Gasteiger partial charge in [-0.15, -0.1) is 10.2 Å². The third-order valence-electron chi connectivity index (χ3n) is 4.99. The number of carbonyl (C=O) groups excluding carboxylic acids is 2. The van der Waals surface area contributed by atoms with E-state index < -0.39 is 11.4 Å². The predicted molar refractivity (Wildman–Crippen MR) is 125 cm³/mol. The molecule has 0 atom stereocenters. The molecule has 3 heterocycles. The summed E-state index contributed by atoms with van der Waals surface area (Å²) in [6.45, 7) is 4.01. The molecule has 34 heavy (non-hydrogen) atoms. The van der Waals surface area contributed by atoms with Crippen LogP contribution in [0, 0.1) is 5.92 Å². The van der Waals surface area contributed by atoms with E-state index in [-0.39, 0.29) is 29.9 Å². The minimum atomic E-state index is -0.718. The quantitative estimate of drug-likeness (QED) is 0.259. The molecule has 0 radical (unpaired) electrons. The van der Waals surface area contributed by atoms with E-state index in [1.165, 1.54) is 41.3 Å². The van der Waals surface area contributed by atoms with Crippen LogP contribution >= 0.6 is 23.1 Å². The Bertz CT molecular complexity index is 1250. The first kappa shape index (κ1) is 23.8. The molecule has 12 heteroatoms. The van der Waals surface area contributed by atoms with Crippen molar-refractivity contribution in [3.8, 4) is 17.2 Å². The molecule has 3 aromatic rings. The number of fused-ring (bicyclic) bond motifs is 1. The molecule has 0 saturated heterocycles. The first-order valence-electron chi connectivity index (χ1n) is 10.5. The second kappa shape index (κ2) is 10.7. The summed E-state index contributed by atoms with van der Waals surface area (Å²) in [5.74, 6) is 0.569. The summed E-state index contributed by atoms with van der Waals surface area (Å²) >= 11 is 2.55. The Hall–Kier alpha value is -3.38. The van der Waals surface area contributed by atoms with Gasteiger partial charge in [0.2, 0.25) is 29.0 Å². The summed E-state index contributed by atoms with van der Waals surface area (Å²) in [6, 6.07) is 5.86. The Balaban J connectivity index is 1.33. The molecule has 1 aromatic carbocycles. The number of amides is 1. The van der Waals surface area contributed by atoms with Crippen molar-refractivity contribution in [1.29, 1.82) is 0 Å². The van der Waals surface area contributed by atoms with E-state index in [0.29, 0.717) is 32.5 Å². The molecule has 1 aliphatic heterocycles. The van der Waals surface area contributed by atoms with Crippen molar-refractivity contribution in [2.45, 2.75) is 36.8 Å². The number of ether oxygens (including phenoxy) is 3. The molecule has 178 valence electrons. The van der Waals surface area contributed by atoms with Crippen LogP contribution in [0.15, 0.2) is 44.1 Å². The minimum absolute atomic E-state index is 0.0630. The maximum Gasteiger partial charge on any atom is 0.343 e. The number of rotatable bonds is 9. The van der Waals surface area contributed by atoms with E-state index in [2.05, 4.69) is 15.5 Å². The van der Waals surface area contributed by atoms with Gasteiger partial charge in [-0.05, 0) is 31.0 Å². The molecule has 1 amide bonds. The van der Waals surface area contributed by atoms with Crippen LogP contribution in [0.4, 0.5) is 5.13 Å². The second-order valence-corrected chi connectivity index (χ2v) is 9.40. The molecule has 0 spiro atoms. The first-order valence-corrected chi connectivity index (χ1v) is 12.3. The average molecular weight is 504 g/mol. The number of nitrogens with zero attached hydrogens (tertiary/aromatic N) is 2. The van der Waals surface area contributed by atoms with Crippen LogP contribution in [-0.4, -0.2) is 28.9 Å². The van der Waals surface area contributed by atoms with Gasteiger partial charge in [0.05, 0.1) is 11.3 Å². The van der Waals surface area contributed by atoms with E-state index >= 15 is 0 Å². The van der Waals surface area contributed by atoms with Gasteiger partial charge in [-0.1, -0.05) is 36.9 Å². The monoisotopic (exact) mass is 503 g/mol. The number of carbonyl (C=O) groups is 2. The fourth-order valence-corrected chi connectivity index (χ4v) is 4.73. The minimum Gasteiger partial charge on any atom is -0.464 e. The van der Waals surface area contributed by atoms with Crippen molar-refractivity contribution in [3.05, 3.63) is 52.1 Å². The van der Waals surface area contributed by atoms with Gasteiger partial charge in [-0.2, -0.15) is 0 Å². The van der Waals surface area contributed by atoms with Crippen LogP contribution in [-0.2, 0) is 10.5 Å². The molecule has 1 aliphatic rings. The van der Waals surface area contributed by atoms with Crippen LogP contribution in [0.2, 0.25) is 0 Å². The lowest BCUT2D eigenvalue weighted by Crippen LogP contribution is -2.21. The van der Waals surface area contributed by atoms with Crippen LogP contribution in [0.3, 0.4) is 0 Å². The van der Waals surface area contributed by atoms with Gasteiger partial charge in [-0.25, -0.2) is 4.79 Å². The molecule has 0 unspecified atom stereocenters. The van der Waals surface area contributed by atoms with E-state index in [1.54, 1.807) is 6.07 Å². The van der Waals surface area contributed by atoms with Gasteiger partial charge in [0.15, 0.2) is 15.8 Å². The number of thioether (sulfide) groups is 1. The van der Waals surface area contributed by atoms with Crippen molar-refractivity contribution < 1.29 is 28.2 Å². The third kappa shape index (κ3) is 5.57. The largest absolute Gasteiger partial charge is 0.464 e. The fourth-order valence-electron chi connectivity index (χ4n) is 3.09. The lowest BCUT2D eigenvalue weighted by Gasteiger charge is -2.09. The van der Waals surface area contributed by atoms with Crippen LogP contribution in [0.1, 0.15) is 42.8 Å². The van der Waals surface area contributed by atoms with Gasteiger partial charge in [0, 0.05) is 12.0 Å². The standard InChI is InChI=1S/C22H21N3O7S2/c1-3-12(4-2)19(27)23-21-24-25-22(34-21)33-10-14-8-15(26)18(9-29-14)32-20(28)13-5-6-16-17(7-13)31-11-30-16/h5-9,12H,3-4,10-11H2,1-2H3,(H,23,24,27). The zero-order chi connectivity index (χ0) is 24.1. The number of aromatic nitrogens is 2. The van der Waals surface area contributed by atoms with Crippen LogP contribution in [0.5, 0.6) is 17.2 Å². The Morgan fingerprint density at radius 2 is 1.97 bits per heavy atom. The molecular weight excluding hydrogens is 482 g/mol. The highest BCUT2D eigenvalue weighted by molar-refractivity contribution is 8.00. The van der Waals surface area contributed by atoms with Gasteiger partial charge in [0.1, 0.15) is 12.0 Å². The SMILES string of the molecule is CCC(CC)C(=O)Nc1nnc(SCc2cc(=O)c(OC(=O)c3ccc4c(c3)OCO4)co2)s1. The molecule has 0 bridgehead atoms. The third-order valence-corrected chi connectivity index (χ3v) is 6.99. The highest BCUT2D eigenvalue weighted by atomic mass is 32.2. The zero-order valence-corrected chi connectivity index (χ0v) is 20.0. The predicted octanol–water partition coefficient (Wildman–Crippen LogP) is 4.11. The topological polar surface area (TPSA) is 130 Å². The Morgan fingerprint density at radius 3 is 2.74 bits per heavy atom. The Morgan fingerprint density at radius 1 is 1.18 bits per heavy atom. The molecule has 0 aliphatic carbocycles. The van der Waals surface area contributed by atoms with Gasteiger partial charge in [-0.3, -0.25) is 9.59 Å². The molecular formula is C22H21N3O7S2. The van der Waals surface area contributed by atoms with E-state index in [1.807, 2.05) is 13.8 Å². The van der Waals surface area contributed by atoms with Crippen molar-refractivity contribution in [3.63, 3.8) is 0 Å². The number of hydrogen-bond acceptors (Lipinski definition) is 11. The first-order chi connectivity index (χ1) is 16.5. The van der Waals surface area contributed by atoms with Crippen molar-refractivity contribution in [2.24, 2.45) is 5.92 Å². The van der Waals surface area contributed by atoms with Crippen LogP contribution in [0.25, 0.3) is 0 Å². The number of esters is 1. The second-order valence-electron chi connectivity index (χ2n) is 7.20. The highest BCUT2D eigenvalue weighted by Gasteiger charge is 2.19. The van der Waals surface area contributed by atoms with Gasteiger partial charge >= 0.3 is 5.97 Å². The molecule has 1 N–H and O–H groups in total. The Kier molecular flexibility index (Phi) is 7.48. The summed E-state index contributed by atoms with van der Waals surface area (Å²) in [5, 5.41) is 11.2. The average Bonchev–Trinajstić information content (AvgIpc) is 3.48. The molecule has 0 saturated carbocycles. The van der Waals surface area contributed by atoms with Crippen molar-refractivity contribution in [1.82, 2.24) is 10.2 Å². The van der Waals surface area contributed by atoms with E-state index in [9.17, 15) is 14.4 Å². The van der Waals surface area contributed by atoms with E-state index in [4.69, 9.17) is 18.6 Å². The Labute approximate surface area is 202 Å². The fraction of sp³-hybridized carbons (Fsp3) is 0.318. The summed E-state index contributed by atoms with van der Waals surface area (Å²) in [4.78, 5) is 36.9. The number of benzene rings is 1. The summed E-state index contributed by atoms with van der Waals surface area (Å²) < 4.78 is 21.7. The summed E-state index contributed by atoms with van der Waals surface area (Å²) in [7, 11) is 0. The highest BCUT2D eigenvalue weighted by Crippen LogP contribution is 2.33. The molecule has 2 aromatic heterocycles. The molecule has 10 nitrogen and oxygen atoms in total. The van der Waals surface area contributed by atoms with E-state index in [0.717, 1.165) is 19.1 Å². The lowest BCUT2D eigenvalue weighted by atomic mass is 10.0. The molecule has 4 rings (SSSR count). The number of hydrogen-bond donors (Lipinski definition) is 1. The van der Waals surface area contributed by atoms with Crippen LogP contribution < -0.4 is 25.0 Å². The zero-order valence-electron chi connectivity index (χ0n) is 18.4. The normalized spacial score (nSPS) is 12.1. The summed E-state index contributed by atoms with van der Waals surface area (Å²) in [6.07, 6.45) is 2.61. The molecule has 0 fully saturated rings.